The van der Waals surface area contributed by atoms with Crippen LogP contribution in [0, 0.1) is 5.92 Å². The first kappa shape index (κ1) is 21.9. The molecule has 156 valence electrons. The van der Waals surface area contributed by atoms with Crippen LogP contribution in [0.2, 0.25) is 0 Å². The summed E-state index contributed by atoms with van der Waals surface area (Å²) in [4.78, 5) is 24.8. The van der Waals surface area contributed by atoms with Gasteiger partial charge in [-0.2, -0.15) is 0 Å². The maximum atomic E-state index is 12.4. The van der Waals surface area contributed by atoms with E-state index in [-0.39, 0.29) is 17.2 Å². The van der Waals surface area contributed by atoms with Crippen LogP contribution >= 0.6 is 0 Å². The second-order valence-corrected chi connectivity index (χ2v) is 6.30. The van der Waals surface area contributed by atoms with Gasteiger partial charge in [0.1, 0.15) is 0 Å². The van der Waals surface area contributed by atoms with Crippen molar-refractivity contribution in [2.75, 3.05) is 28.4 Å². The fourth-order valence-corrected chi connectivity index (χ4v) is 3.22. The fourth-order valence-electron chi connectivity index (χ4n) is 3.22. The van der Waals surface area contributed by atoms with Crippen LogP contribution in [0.5, 0.6) is 17.2 Å². The van der Waals surface area contributed by atoms with Crippen LogP contribution in [0.15, 0.2) is 40.7 Å². The van der Waals surface area contributed by atoms with Crippen LogP contribution in [-0.2, 0) is 19.1 Å². The monoisotopic (exact) mass is 403 g/mol. The van der Waals surface area contributed by atoms with Crippen molar-refractivity contribution < 1.29 is 33.6 Å². The van der Waals surface area contributed by atoms with Crippen LogP contribution in [0.1, 0.15) is 19.4 Å². The predicted molar refractivity (Wildman–Crippen MR) is 106 cm³/mol. The number of hydrogen-bond acceptors (Lipinski definition) is 8. The Labute approximate surface area is 169 Å². The van der Waals surface area contributed by atoms with Gasteiger partial charge in [-0.1, -0.05) is 12.2 Å². The van der Waals surface area contributed by atoms with Gasteiger partial charge in [-0.05, 0) is 31.5 Å². The highest BCUT2D eigenvalue weighted by Gasteiger charge is 2.34. The number of nitrogens with one attached hydrogen (secondary N) is 1. The van der Waals surface area contributed by atoms with E-state index < -0.39 is 17.9 Å². The third kappa shape index (κ3) is 4.37. The summed E-state index contributed by atoms with van der Waals surface area (Å²) in [7, 11) is 5.42. The molecule has 0 atom stereocenters. The maximum absolute atomic E-state index is 12.4. The number of carbonyl (C=O) groups excluding carboxylic acids is 2. The topological polar surface area (TPSA) is 103 Å². The van der Waals surface area contributed by atoms with Crippen LogP contribution < -0.4 is 14.8 Å². The summed E-state index contributed by atoms with van der Waals surface area (Å²) < 4.78 is 20.2. The summed E-state index contributed by atoms with van der Waals surface area (Å²) in [5.41, 5.74) is 2.40. The number of methoxy groups -OCH3 is 4. The van der Waals surface area contributed by atoms with E-state index in [2.05, 4.69) is 5.32 Å². The zero-order valence-electron chi connectivity index (χ0n) is 17.3. The first-order chi connectivity index (χ1) is 13.8. The number of phenolic OH excluding ortho intramolecular Hbond substituents is 1. The normalized spacial score (nSPS) is 14.7. The number of carbonyl (C=O) groups is 2. The molecular formula is C21H25NO7. The van der Waals surface area contributed by atoms with Crippen LogP contribution in [0.3, 0.4) is 0 Å². The van der Waals surface area contributed by atoms with Crippen LogP contribution in [0.4, 0.5) is 0 Å². The lowest BCUT2D eigenvalue weighted by Gasteiger charge is -2.27. The van der Waals surface area contributed by atoms with Crippen molar-refractivity contribution in [1.82, 2.24) is 5.32 Å². The molecule has 0 unspecified atom stereocenters. The molecule has 1 heterocycles. The highest BCUT2D eigenvalue weighted by molar-refractivity contribution is 5.98. The molecule has 0 saturated heterocycles. The smallest absolute Gasteiger partial charge is 0.336 e. The van der Waals surface area contributed by atoms with E-state index in [1.807, 2.05) is 0 Å². The second-order valence-electron chi connectivity index (χ2n) is 6.30. The van der Waals surface area contributed by atoms with Gasteiger partial charge < -0.3 is 29.4 Å². The van der Waals surface area contributed by atoms with Crippen molar-refractivity contribution in [3.63, 3.8) is 0 Å². The molecule has 29 heavy (non-hydrogen) atoms. The molecule has 0 fully saturated rings. The van der Waals surface area contributed by atoms with Gasteiger partial charge in [0, 0.05) is 17.3 Å². The molecule has 1 aliphatic rings. The fraction of sp³-hybridized carbons (Fsp3) is 0.333. The van der Waals surface area contributed by atoms with E-state index in [4.69, 9.17) is 18.9 Å². The molecule has 0 spiro atoms. The van der Waals surface area contributed by atoms with Gasteiger partial charge in [-0.25, -0.2) is 9.59 Å². The summed E-state index contributed by atoms with van der Waals surface area (Å²) in [6.07, 6.45) is 3.39. The molecule has 8 nitrogen and oxygen atoms in total. The number of dihydropyridines is 1. The first-order valence-electron chi connectivity index (χ1n) is 8.77. The molecule has 2 N–H and O–H groups in total. The molecule has 0 radical (unpaired) electrons. The zero-order chi connectivity index (χ0) is 21.7. The van der Waals surface area contributed by atoms with Crippen molar-refractivity contribution in [3.05, 3.63) is 46.3 Å². The Morgan fingerprint density at radius 1 is 0.931 bits per heavy atom. The Balaban J connectivity index is 2.58. The van der Waals surface area contributed by atoms with Crippen molar-refractivity contribution in [2.24, 2.45) is 5.92 Å². The first-order valence-corrected chi connectivity index (χ1v) is 8.77. The Morgan fingerprint density at radius 2 is 1.38 bits per heavy atom. The van der Waals surface area contributed by atoms with E-state index in [0.717, 1.165) is 0 Å². The number of benzene rings is 1. The van der Waals surface area contributed by atoms with Crippen molar-refractivity contribution >= 4 is 18.0 Å². The molecule has 2 rings (SSSR count). The van der Waals surface area contributed by atoms with Gasteiger partial charge in [-0.3, -0.25) is 0 Å². The van der Waals surface area contributed by atoms with Gasteiger partial charge in [0.15, 0.2) is 11.5 Å². The highest BCUT2D eigenvalue weighted by Crippen LogP contribution is 2.38. The molecular weight excluding hydrogens is 378 g/mol. The van der Waals surface area contributed by atoms with Gasteiger partial charge in [0.05, 0.1) is 39.6 Å². The molecule has 0 bridgehead atoms. The van der Waals surface area contributed by atoms with E-state index in [9.17, 15) is 14.7 Å². The van der Waals surface area contributed by atoms with E-state index in [0.29, 0.717) is 28.1 Å². The molecule has 0 amide bonds. The summed E-state index contributed by atoms with van der Waals surface area (Å²) in [5.74, 6) is -1.46. The number of esters is 2. The van der Waals surface area contributed by atoms with E-state index >= 15 is 0 Å². The highest BCUT2D eigenvalue weighted by atomic mass is 16.5. The summed E-state index contributed by atoms with van der Waals surface area (Å²) in [5, 5.41) is 13.1. The Morgan fingerprint density at radius 3 is 1.76 bits per heavy atom. The summed E-state index contributed by atoms with van der Waals surface area (Å²) >= 11 is 0. The van der Waals surface area contributed by atoms with Crippen molar-refractivity contribution in [2.45, 2.75) is 13.8 Å². The summed E-state index contributed by atoms with van der Waals surface area (Å²) in [6, 6.07) is 3.22. The number of rotatable bonds is 6. The molecule has 1 aliphatic heterocycles. The lowest BCUT2D eigenvalue weighted by molar-refractivity contribution is -0.137. The van der Waals surface area contributed by atoms with Crippen molar-refractivity contribution in [1.29, 1.82) is 0 Å². The lowest BCUT2D eigenvalue weighted by atomic mass is 9.84. The number of allylic oxidation sites excluding steroid dienone is 3. The predicted octanol–water partition coefficient (Wildman–Crippen LogP) is 2.54. The second kappa shape index (κ2) is 9.18. The molecule has 0 saturated carbocycles. The number of ether oxygens (including phenoxy) is 4. The Bertz CT molecular complexity index is 849. The number of hydrogen-bond donors (Lipinski definition) is 2. The third-order valence-corrected chi connectivity index (χ3v) is 4.60. The maximum Gasteiger partial charge on any atom is 0.336 e. The van der Waals surface area contributed by atoms with Gasteiger partial charge in [-0.15, -0.1) is 0 Å². The van der Waals surface area contributed by atoms with E-state index in [1.165, 1.54) is 28.4 Å². The Kier molecular flexibility index (Phi) is 6.93. The van der Waals surface area contributed by atoms with Crippen LogP contribution in [-0.4, -0.2) is 45.5 Å². The number of aromatic hydroxyl groups is 1. The van der Waals surface area contributed by atoms with Gasteiger partial charge in [0.25, 0.3) is 0 Å². The largest absolute Gasteiger partial charge is 0.502 e. The molecule has 1 aromatic rings. The average molecular weight is 403 g/mol. The molecule has 1 aromatic carbocycles. The van der Waals surface area contributed by atoms with Crippen LogP contribution in [0.25, 0.3) is 6.08 Å². The molecule has 0 aromatic heterocycles. The SMILES string of the molecule is COC(=O)C1=C(C)NC(C)=C(C(=O)OC)C1C=Cc1cc(OC)c(O)c(OC)c1. The Hall–Kier alpha value is -3.42. The number of phenols is 1. The van der Waals surface area contributed by atoms with Crippen molar-refractivity contribution in [3.8, 4) is 17.2 Å². The molecule has 8 heteroatoms. The standard InChI is InChI=1S/C21H25NO7/c1-11-17(20(24)28-5)14(18(12(2)22-11)21(25)29-6)8-7-13-9-15(26-3)19(23)16(10-13)27-4/h7-10,14,22-23H,1-6H3. The average Bonchev–Trinajstić information content (AvgIpc) is 2.71. The zero-order valence-corrected chi connectivity index (χ0v) is 17.3. The minimum absolute atomic E-state index is 0.119. The lowest BCUT2D eigenvalue weighted by Crippen LogP contribution is -2.32. The minimum atomic E-state index is -0.693. The summed E-state index contributed by atoms with van der Waals surface area (Å²) in [6.45, 7) is 3.47. The molecule has 0 aliphatic carbocycles. The third-order valence-electron chi connectivity index (χ3n) is 4.60. The van der Waals surface area contributed by atoms with Gasteiger partial charge in [0.2, 0.25) is 5.75 Å². The quantitative estimate of drug-likeness (QED) is 0.699. The van der Waals surface area contributed by atoms with Gasteiger partial charge >= 0.3 is 11.9 Å². The minimum Gasteiger partial charge on any atom is -0.502 e. The van der Waals surface area contributed by atoms with E-state index in [1.54, 1.807) is 38.1 Å².